The Kier molecular flexibility index (Phi) is 3.70. The minimum absolute atomic E-state index is 0.599. The topological polar surface area (TPSA) is 29.5 Å². The van der Waals surface area contributed by atoms with Crippen LogP contribution in [0.15, 0.2) is 42.5 Å². The van der Waals surface area contributed by atoms with Gasteiger partial charge in [-0.3, -0.25) is 0 Å². The van der Waals surface area contributed by atoms with Gasteiger partial charge in [0.05, 0.1) is 7.11 Å². The van der Waals surface area contributed by atoms with Gasteiger partial charge in [-0.2, -0.15) is 0 Å². The first-order chi connectivity index (χ1) is 10.1. The summed E-state index contributed by atoms with van der Waals surface area (Å²) in [4.78, 5) is 2.24. The van der Waals surface area contributed by atoms with E-state index in [1.165, 1.54) is 10.4 Å². The largest absolute Gasteiger partial charge is 0.496 e. The molecule has 0 amide bonds. The number of methoxy groups -OCH3 is 1. The highest BCUT2D eigenvalue weighted by atomic mass is 32.1. The van der Waals surface area contributed by atoms with Gasteiger partial charge in [0, 0.05) is 15.1 Å². The van der Waals surface area contributed by atoms with Crippen LogP contribution in [0.4, 0.5) is 0 Å². The third kappa shape index (κ3) is 2.43. The van der Waals surface area contributed by atoms with E-state index >= 15 is 0 Å². The number of thiophene rings is 1. The highest BCUT2D eigenvalue weighted by molar-refractivity contribution is 7.12. The molecule has 108 valence electrons. The van der Waals surface area contributed by atoms with E-state index in [-0.39, 0.29) is 0 Å². The lowest BCUT2D eigenvalue weighted by molar-refractivity contribution is 0.225. The fourth-order valence-corrected chi connectivity index (χ4v) is 3.65. The number of hydrogen-bond acceptors (Lipinski definition) is 3. The second-order valence-corrected chi connectivity index (χ2v) is 6.48. The summed E-state index contributed by atoms with van der Waals surface area (Å²) in [6.45, 7) is 4.16. The van der Waals surface area contributed by atoms with Gasteiger partial charge < -0.3 is 9.84 Å². The normalized spacial score (nSPS) is 12.6. The lowest BCUT2D eigenvalue weighted by Gasteiger charge is -2.14. The molecule has 0 spiro atoms. The lowest BCUT2D eigenvalue weighted by Crippen LogP contribution is -1.99. The fourth-order valence-electron chi connectivity index (χ4n) is 2.60. The number of fused-ring (bicyclic) bond motifs is 1. The number of aryl methyl sites for hydroxylation is 2. The SMILES string of the molecule is COc1ccc(C(O)c2cc(C)c(C)s2)c2ccccc12. The number of rotatable bonds is 3. The second kappa shape index (κ2) is 5.51. The molecule has 0 aliphatic rings. The number of aliphatic hydroxyl groups is 1. The van der Waals surface area contributed by atoms with Crippen LogP contribution in [-0.2, 0) is 0 Å². The van der Waals surface area contributed by atoms with Gasteiger partial charge in [0.15, 0.2) is 0 Å². The molecule has 1 aromatic heterocycles. The van der Waals surface area contributed by atoms with Crippen LogP contribution in [-0.4, -0.2) is 12.2 Å². The Morgan fingerprint density at radius 1 is 1.05 bits per heavy atom. The molecular formula is C18H18O2S. The predicted molar refractivity (Wildman–Crippen MR) is 88.4 cm³/mol. The highest BCUT2D eigenvalue weighted by Gasteiger charge is 2.17. The van der Waals surface area contributed by atoms with Crippen molar-refractivity contribution in [2.45, 2.75) is 20.0 Å². The molecule has 0 radical (unpaired) electrons. The molecule has 0 fully saturated rings. The highest BCUT2D eigenvalue weighted by Crippen LogP contribution is 2.36. The standard InChI is InChI=1S/C18H18O2S/c1-11-10-17(21-12(11)2)18(19)15-8-9-16(20-3)14-7-5-4-6-13(14)15/h4-10,18-19H,1-3H3. The van der Waals surface area contributed by atoms with Crippen molar-refractivity contribution in [3.05, 3.63) is 63.3 Å². The van der Waals surface area contributed by atoms with E-state index in [0.717, 1.165) is 27.0 Å². The molecule has 0 bridgehead atoms. The molecule has 0 aliphatic heterocycles. The molecule has 3 rings (SSSR count). The van der Waals surface area contributed by atoms with Crippen molar-refractivity contribution in [2.75, 3.05) is 7.11 Å². The summed E-state index contributed by atoms with van der Waals surface area (Å²) in [5, 5.41) is 12.8. The summed E-state index contributed by atoms with van der Waals surface area (Å²) < 4.78 is 5.41. The van der Waals surface area contributed by atoms with Crippen LogP contribution in [0, 0.1) is 13.8 Å². The summed E-state index contributed by atoms with van der Waals surface area (Å²) in [5.74, 6) is 0.833. The zero-order valence-corrected chi connectivity index (χ0v) is 13.2. The molecule has 2 aromatic carbocycles. The summed E-state index contributed by atoms with van der Waals surface area (Å²) in [6.07, 6.45) is -0.599. The summed E-state index contributed by atoms with van der Waals surface area (Å²) in [6, 6.07) is 14.0. The molecule has 1 atom stereocenters. The van der Waals surface area contributed by atoms with E-state index in [0.29, 0.717) is 0 Å². The fraction of sp³-hybridized carbons (Fsp3) is 0.222. The van der Waals surface area contributed by atoms with Crippen LogP contribution < -0.4 is 4.74 Å². The monoisotopic (exact) mass is 298 g/mol. The maximum atomic E-state index is 10.8. The maximum absolute atomic E-state index is 10.8. The predicted octanol–water partition coefficient (Wildman–Crippen LogP) is 4.61. The first-order valence-electron chi connectivity index (χ1n) is 6.92. The Hall–Kier alpha value is -1.84. The van der Waals surface area contributed by atoms with Gasteiger partial charge in [0.2, 0.25) is 0 Å². The molecule has 3 heteroatoms. The van der Waals surface area contributed by atoms with Gasteiger partial charge in [-0.1, -0.05) is 30.3 Å². The maximum Gasteiger partial charge on any atom is 0.126 e. The van der Waals surface area contributed by atoms with Crippen molar-refractivity contribution in [2.24, 2.45) is 0 Å². The average Bonchev–Trinajstić information content (AvgIpc) is 2.85. The molecule has 0 aliphatic carbocycles. The van der Waals surface area contributed by atoms with Gasteiger partial charge in [-0.05, 0) is 42.5 Å². The van der Waals surface area contributed by atoms with Gasteiger partial charge in [-0.25, -0.2) is 0 Å². The van der Waals surface area contributed by atoms with Crippen LogP contribution in [0.5, 0.6) is 5.75 Å². The molecule has 3 aromatic rings. The van der Waals surface area contributed by atoms with Crippen molar-refractivity contribution in [3.63, 3.8) is 0 Å². The quantitative estimate of drug-likeness (QED) is 0.765. The molecule has 1 unspecified atom stereocenters. The first kappa shape index (κ1) is 14.1. The van der Waals surface area contributed by atoms with E-state index in [1.54, 1.807) is 18.4 Å². The van der Waals surface area contributed by atoms with Gasteiger partial charge in [0.25, 0.3) is 0 Å². The van der Waals surface area contributed by atoms with Crippen molar-refractivity contribution < 1.29 is 9.84 Å². The average molecular weight is 298 g/mol. The van der Waals surface area contributed by atoms with Crippen molar-refractivity contribution in [1.29, 1.82) is 0 Å². The second-order valence-electron chi connectivity index (χ2n) is 5.19. The van der Waals surface area contributed by atoms with E-state index < -0.39 is 6.10 Å². The van der Waals surface area contributed by atoms with Crippen molar-refractivity contribution >= 4 is 22.1 Å². The smallest absolute Gasteiger partial charge is 0.126 e. The summed E-state index contributed by atoms with van der Waals surface area (Å²) in [5.41, 5.74) is 2.15. The Morgan fingerprint density at radius 3 is 2.38 bits per heavy atom. The van der Waals surface area contributed by atoms with E-state index in [2.05, 4.69) is 19.9 Å². The molecule has 1 heterocycles. The van der Waals surface area contributed by atoms with Gasteiger partial charge in [0.1, 0.15) is 11.9 Å². The Morgan fingerprint density at radius 2 is 1.76 bits per heavy atom. The zero-order valence-electron chi connectivity index (χ0n) is 12.4. The van der Waals surface area contributed by atoms with E-state index in [1.807, 2.05) is 36.4 Å². The van der Waals surface area contributed by atoms with E-state index in [4.69, 9.17) is 4.74 Å². The van der Waals surface area contributed by atoms with Crippen molar-refractivity contribution in [3.8, 4) is 5.75 Å². The minimum Gasteiger partial charge on any atom is -0.496 e. The molecule has 0 saturated carbocycles. The van der Waals surface area contributed by atoms with Crippen LogP contribution in [0.25, 0.3) is 10.8 Å². The van der Waals surface area contributed by atoms with Crippen LogP contribution in [0.2, 0.25) is 0 Å². The van der Waals surface area contributed by atoms with Crippen LogP contribution >= 0.6 is 11.3 Å². The van der Waals surface area contributed by atoms with Crippen molar-refractivity contribution in [1.82, 2.24) is 0 Å². The van der Waals surface area contributed by atoms with Crippen LogP contribution in [0.1, 0.15) is 27.0 Å². The third-order valence-electron chi connectivity index (χ3n) is 3.89. The lowest BCUT2D eigenvalue weighted by atomic mass is 9.98. The number of benzene rings is 2. The Bertz CT molecular complexity index is 770. The molecule has 0 saturated heterocycles. The first-order valence-corrected chi connectivity index (χ1v) is 7.74. The molecule has 2 nitrogen and oxygen atoms in total. The summed E-state index contributed by atoms with van der Waals surface area (Å²) >= 11 is 1.65. The number of ether oxygens (including phenoxy) is 1. The molecule has 21 heavy (non-hydrogen) atoms. The van der Waals surface area contributed by atoms with Crippen LogP contribution in [0.3, 0.4) is 0 Å². The number of hydrogen-bond donors (Lipinski definition) is 1. The summed E-state index contributed by atoms with van der Waals surface area (Å²) in [7, 11) is 1.67. The number of aliphatic hydroxyl groups excluding tert-OH is 1. The Labute approximate surface area is 128 Å². The molecular weight excluding hydrogens is 280 g/mol. The van der Waals surface area contributed by atoms with Gasteiger partial charge in [-0.15, -0.1) is 11.3 Å². The van der Waals surface area contributed by atoms with Gasteiger partial charge >= 0.3 is 0 Å². The molecule has 1 N–H and O–H groups in total. The Balaban J connectivity index is 2.16. The zero-order chi connectivity index (χ0) is 15.0. The van der Waals surface area contributed by atoms with E-state index in [9.17, 15) is 5.11 Å². The third-order valence-corrected chi connectivity index (χ3v) is 5.09. The minimum atomic E-state index is -0.599.